The lowest BCUT2D eigenvalue weighted by molar-refractivity contribution is -0.283. The van der Waals surface area contributed by atoms with E-state index >= 15 is 0 Å². The number of rotatable bonds is 9. The maximum absolute atomic E-state index is 13.2. The molecule has 0 spiro atoms. The Morgan fingerprint density at radius 2 is 1.05 bits per heavy atom. The maximum atomic E-state index is 13.2. The van der Waals surface area contributed by atoms with Crippen LogP contribution in [-0.2, 0) is 13.3 Å². The van der Waals surface area contributed by atoms with Crippen molar-refractivity contribution in [2.24, 2.45) is 0 Å². The second kappa shape index (κ2) is 8.03. The first-order chi connectivity index (χ1) is 9.71. The molecule has 22 heavy (non-hydrogen) atoms. The highest BCUT2D eigenvalue weighted by molar-refractivity contribution is 6.60. The van der Waals surface area contributed by atoms with Crippen LogP contribution in [0.2, 0.25) is 6.04 Å². The lowest BCUT2D eigenvalue weighted by Gasteiger charge is -2.35. The monoisotopic (exact) mass is 352 g/mol. The van der Waals surface area contributed by atoms with Gasteiger partial charge in [-0.2, -0.15) is 22.0 Å². The summed E-state index contributed by atoms with van der Waals surface area (Å²) in [7, 11) is -3.65. The van der Waals surface area contributed by atoms with Crippen LogP contribution in [0, 0.1) is 0 Å². The molecule has 0 saturated carbocycles. The molecule has 0 atom stereocenters. The zero-order valence-electron chi connectivity index (χ0n) is 13.8. The van der Waals surface area contributed by atoms with E-state index in [4.69, 9.17) is 13.3 Å². The van der Waals surface area contributed by atoms with Gasteiger partial charge in [-0.25, -0.2) is 0 Å². The van der Waals surface area contributed by atoms with Crippen LogP contribution in [0.15, 0.2) is 0 Å². The van der Waals surface area contributed by atoms with Crippen LogP contribution in [0.25, 0.3) is 0 Å². The molecule has 0 aliphatic carbocycles. The van der Waals surface area contributed by atoms with Gasteiger partial charge >= 0.3 is 20.9 Å². The highest BCUT2D eigenvalue weighted by Crippen LogP contribution is 2.41. The van der Waals surface area contributed by atoms with Crippen LogP contribution in [0.1, 0.15) is 48.0 Å². The standard InChI is InChI=1S/C13H25F5O3Si/c1-9(2)19-22(20-10(3)4,21-11(5)6)8-7-12(14,15)13(16,17)18/h9-11H,7-8H2,1-6H3. The summed E-state index contributed by atoms with van der Waals surface area (Å²) in [6, 6.07) is -0.603. The molecule has 0 aliphatic rings. The molecule has 0 radical (unpaired) electrons. The Kier molecular flexibility index (Phi) is 7.93. The first kappa shape index (κ1) is 21.7. The summed E-state index contributed by atoms with van der Waals surface area (Å²) in [6.45, 7) is 9.90. The molecule has 0 fully saturated rings. The van der Waals surface area contributed by atoms with Crippen molar-refractivity contribution < 1.29 is 35.2 Å². The molecule has 0 aliphatic heterocycles. The Labute approximate surface area is 129 Å². The fourth-order valence-electron chi connectivity index (χ4n) is 1.79. The Morgan fingerprint density at radius 1 is 0.727 bits per heavy atom. The molecule has 0 aromatic carbocycles. The molecular weight excluding hydrogens is 327 g/mol. The van der Waals surface area contributed by atoms with E-state index in [1.807, 2.05) is 0 Å². The lowest BCUT2D eigenvalue weighted by atomic mass is 10.2. The third-order valence-electron chi connectivity index (χ3n) is 2.41. The zero-order chi connectivity index (χ0) is 17.8. The predicted octanol–water partition coefficient (Wildman–Crippen LogP) is 4.79. The van der Waals surface area contributed by atoms with Crippen molar-refractivity contribution in [2.45, 2.75) is 84.4 Å². The number of alkyl halides is 5. The van der Waals surface area contributed by atoms with Gasteiger partial charge in [0.25, 0.3) is 0 Å². The Bertz CT molecular complexity index is 306. The van der Waals surface area contributed by atoms with Crippen molar-refractivity contribution in [3.63, 3.8) is 0 Å². The molecule has 3 nitrogen and oxygen atoms in total. The van der Waals surface area contributed by atoms with E-state index in [1.54, 1.807) is 41.5 Å². The summed E-state index contributed by atoms with van der Waals surface area (Å²) < 4.78 is 80.1. The van der Waals surface area contributed by atoms with Gasteiger partial charge in [0, 0.05) is 30.8 Å². The molecule has 0 bridgehead atoms. The minimum atomic E-state index is -5.60. The minimum Gasteiger partial charge on any atom is -0.371 e. The van der Waals surface area contributed by atoms with Crippen LogP contribution in [-0.4, -0.2) is 39.2 Å². The van der Waals surface area contributed by atoms with Gasteiger partial charge in [-0.1, -0.05) is 0 Å². The molecule has 0 aromatic rings. The molecule has 0 amide bonds. The van der Waals surface area contributed by atoms with Crippen molar-refractivity contribution >= 4 is 8.80 Å². The number of hydrogen-bond donors (Lipinski definition) is 0. The van der Waals surface area contributed by atoms with Crippen LogP contribution >= 0.6 is 0 Å². The van der Waals surface area contributed by atoms with E-state index in [1.165, 1.54) is 0 Å². The van der Waals surface area contributed by atoms with E-state index in [-0.39, 0.29) is 0 Å². The first-order valence-electron chi connectivity index (χ1n) is 7.19. The average Bonchev–Trinajstić information content (AvgIpc) is 2.21. The Hall–Kier alpha value is -0.253. The van der Waals surface area contributed by atoms with Gasteiger partial charge in [-0.15, -0.1) is 0 Å². The summed E-state index contributed by atoms with van der Waals surface area (Å²) in [5.41, 5.74) is 0. The second-order valence-electron chi connectivity index (χ2n) is 5.89. The first-order valence-corrected chi connectivity index (χ1v) is 9.12. The summed E-state index contributed by atoms with van der Waals surface area (Å²) in [4.78, 5) is 0. The molecule has 0 unspecified atom stereocenters. The predicted molar refractivity (Wildman–Crippen MR) is 74.8 cm³/mol. The third kappa shape index (κ3) is 7.34. The van der Waals surface area contributed by atoms with Crippen LogP contribution in [0.5, 0.6) is 0 Å². The number of halogens is 5. The number of hydrogen-bond acceptors (Lipinski definition) is 3. The normalized spacial score (nSPS) is 14.5. The molecule has 0 saturated heterocycles. The van der Waals surface area contributed by atoms with E-state index in [0.29, 0.717) is 0 Å². The lowest BCUT2D eigenvalue weighted by Crippen LogP contribution is -2.52. The molecule has 0 heterocycles. The van der Waals surface area contributed by atoms with Gasteiger partial charge in [0.2, 0.25) is 0 Å². The Morgan fingerprint density at radius 3 is 1.27 bits per heavy atom. The largest absolute Gasteiger partial charge is 0.501 e. The van der Waals surface area contributed by atoms with Crippen LogP contribution < -0.4 is 0 Å². The Balaban J connectivity index is 5.27. The van der Waals surface area contributed by atoms with Crippen molar-refractivity contribution in [1.82, 2.24) is 0 Å². The third-order valence-corrected chi connectivity index (χ3v) is 5.76. The fraction of sp³-hybridized carbons (Fsp3) is 1.00. The summed E-state index contributed by atoms with van der Waals surface area (Å²) in [5, 5.41) is 0. The summed E-state index contributed by atoms with van der Waals surface area (Å²) >= 11 is 0. The smallest absolute Gasteiger partial charge is 0.371 e. The molecule has 0 rings (SSSR count). The minimum absolute atomic E-state index is 0.413. The molecule has 0 N–H and O–H groups in total. The quantitative estimate of drug-likeness (QED) is 0.441. The van der Waals surface area contributed by atoms with Crippen molar-refractivity contribution in [3.05, 3.63) is 0 Å². The van der Waals surface area contributed by atoms with Gasteiger partial charge in [0.05, 0.1) is 0 Å². The summed E-state index contributed by atoms with van der Waals surface area (Å²) in [6.07, 6.45) is -8.26. The van der Waals surface area contributed by atoms with E-state index in [9.17, 15) is 22.0 Å². The van der Waals surface area contributed by atoms with E-state index in [2.05, 4.69) is 0 Å². The second-order valence-corrected chi connectivity index (χ2v) is 8.46. The molecule has 134 valence electrons. The fourth-order valence-corrected chi connectivity index (χ4v) is 5.08. The van der Waals surface area contributed by atoms with Gasteiger partial charge in [0.1, 0.15) is 0 Å². The van der Waals surface area contributed by atoms with Gasteiger partial charge < -0.3 is 13.3 Å². The van der Waals surface area contributed by atoms with Crippen molar-refractivity contribution in [1.29, 1.82) is 0 Å². The molecular formula is C13H25F5O3Si. The highest BCUT2D eigenvalue weighted by atomic mass is 28.4. The molecule has 0 aromatic heterocycles. The summed E-state index contributed by atoms with van der Waals surface area (Å²) in [5.74, 6) is -4.80. The topological polar surface area (TPSA) is 27.7 Å². The highest BCUT2D eigenvalue weighted by Gasteiger charge is 2.59. The molecule has 9 heteroatoms. The van der Waals surface area contributed by atoms with E-state index < -0.39 is 51.7 Å². The van der Waals surface area contributed by atoms with Crippen molar-refractivity contribution in [3.8, 4) is 0 Å². The van der Waals surface area contributed by atoms with E-state index in [0.717, 1.165) is 0 Å². The van der Waals surface area contributed by atoms with Crippen molar-refractivity contribution in [2.75, 3.05) is 0 Å². The van der Waals surface area contributed by atoms with Gasteiger partial charge in [-0.3, -0.25) is 0 Å². The van der Waals surface area contributed by atoms with Crippen LogP contribution in [0.3, 0.4) is 0 Å². The average molecular weight is 352 g/mol. The van der Waals surface area contributed by atoms with Crippen LogP contribution in [0.4, 0.5) is 22.0 Å². The zero-order valence-corrected chi connectivity index (χ0v) is 14.8. The van der Waals surface area contributed by atoms with Gasteiger partial charge in [-0.05, 0) is 41.5 Å². The SMILES string of the molecule is CC(C)O[Si](CCC(F)(F)C(F)(F)F)(OC(C)C)OC(C)C. The van der Waals surface area contributed by atoms with Gasteiger partial charge in [0.15, 0.2) is 0 Å². The maximum Gasteiger partial charge on any atom is 0.501 e.